The van der Waals surface area contributed by atoms with E-state index in [1.54, 1.807) is 29.2 Å². The summed E-state index contributed by atoms with van der Waals surface area (Å²) >= 11 is 0. The lowest BCUT2D eigenvalue weighted by molar-refractivity contribution is -0.133. The highest BCUT2D eigenvalue weighted by Gasteiger charge is 2.26. The normalized spacial score (nSPS) is 15.5. The fourth-order valence-electron chi connectivity index (χ4n) is 3.96. The van der Waals surface area contributed by atoms with Crippen molar-refractivity contribution in [3.8, 4) is 0 Å². The lowest BCUT2D eigenvalue weighted by Gasteiger charge is -2.34. The molecule has 0 unspecified atom stereocenters. The lowest BCUT2D eigenvalue weighted by Crippen LogP contribution is -2.49. The monoisotopic (exact) mass is 442 g/mol. The standard InChI is InChI=1S/C22H26N4O4S/c1-2-31(29,30)26-20-11-7-6-10-19(20)25(22(26)28)17-21(27)24-14-12-23(13-15-24)16-18-8-4-3-5-9-18/h3-11H,2,12-17H2,1H3. The number of hydrogen-bond donors (Lipinski definition) is 0. The van der Waals surface area contributed by atoms with E-state index in [1.807, 2.05) is 18.2 Å². The fourth-order valence-corrected chi connectivity index (χ4v) is 5.01. The minimum absolute atomic E-state index is 0.176. The molecule has 0 bridgehead atoms. The smallest absolute Gasteiger partial charge is 0.339 e. The summed E-state index contributed by atoms with van der Waals surface area (Å²) in [6.07, 6.45) is 0. The van der Waals surface area contributed by atoms with E-state index in [2.05, 4.69) is 17.0 Å². The molecule has 0 radical (unpaired) electrons. The van der Waals surface area contributed by atoms with Gasteiger partial charge in [-0.05, 0) is 24.6 Å². The predicted octanol–water partition coefficient (Wildman–Crippen LogP) is 1.35. The van der Waals surface area contributed by atoms with Crippen LogP contribution in [-0.2, 0) is 27.9 Å². The predicted molar refractivity (Wildman–Crippen MR) is 119 cm³/mol. The van der Waals surface area contributed by atoms with Crippen molar-refractivity contribution in [1.82, 2.24) is 18.3 Å². The van der Waals surface area contributed by atoms with Crippen LogP contribution in [0.25, 0.3) is 11.0 Å². The van der Waals surface area contributed by atoms with Crippen LogP contribution in [0.15, 0.2) is 59.4 Å². The van der Waals surface area contributed by atoms with Crippen LogP contribution in [0, 0.1) is 0 Å². The molecule has 0 aliphatic carbocycles. The second kappa shape index (κ2) is 8.68. The van der Waals surface area contributed by atoms with E-state index in [0.29, 0.717) is 24.1 Å². The number of fused-ring (bicyclic) bond motifs is 1. The number of imidazole rings is 1. The van der Waals surface area contributed by atoms with Gasteiger partial charge in [0.05, 0.1) is 16.8 Å². The van der Waals surface area contributed by atoms with Crippen LogP contribution in [0.5, 0.6) is 0 Å². The van der Waals surface area contributed by atoms with Gasteiger partial charge in [-0.2, -0.15) is 3.97 Å². The molecule has 0 N–H and O–H groups in total. The number of nitrogens with zero attached hydrogens (tertiary/aromatic N) is 4. The van der Waals surface area contributed by atoms with Crippen molar-refractivity contribution in [1.29, 1.82) is 0 Å². The zero-order valence-corrected chi connectivity index (χ0v) is 18.3. The minimum atomic E-state index is -3.78. The Kier molecular flexibility index (Phi) is 5.97. The van der Waals surface area contributed by atoms with Crippen molar-refractivity contribution in [3.05, 3.63) is 70.6 Å². The number of carbonyl (C=O) groups is 1. The van der Waals surface area contributed by atoms with E-state index in [9.17, 15) is 18.0 Å². The fraction of sp³-hybridized carbons (Fsp3) is 0.364. The van der Waals surface area contributed by atoms with E-state index < -0.39 is 15.7 Å². The molecule has 3 aromatic rings. The van der Waals surface area contributed by atoms with Crippen LogP contribution in [0.4, 0.5) is 0 Å². The number of benzene rings is 2. The second-order valence-electron chi connectivity index (χ2n) is 7.66. The van der Waals surface area contributed by atoms with Crippen LogP contribution in [0.2, 0.25) is 0 Å². The molecule has 4 rings (SSSR count). The molecule has 0 atom stereocenters. The molecule has 1 fully saturated rings. The van der Waals surface area contributed by atoms with Gasteiger partial charge in [-0.15, -0.1) is 0 Å². The van der Waals surface area contributed by atoms with Gasteiger partial charge in [0.1, 0.15) is 6.54 Å². The van der Waals surface area contributed by atoms with Crippen LogP contribution in [-0.4, -0.2) is 64.6 Å². The molecule has 9 heteroatoms. The molecule has 1 aliphatic heterocycles. The van der Waals surface area contributed by atoms with Crippen LogP contribution in [0.1, 0.15) is 12.5 Å². The maximum Gasteiger partial charge on any atom is 0.343 e. The third-order valence-corrected chi connectivity index (χ3v) is 7.35. The number of rotatable bonds is 6. The zero-order valence-electron chi connectivity index (χ0n) is 17.5. The first-order chi connectivity index (χ1) is 14.9. The van der Waals surface area contributed by atoms with Gasteiger partial charge in [-0.3, -0.25) is 14.3 Å². The van der Waals surface area contributed by atoms with Crippen LogP contribution >= 0.6 is 0 Å². The molecular weight excluding hydrogens is 416 g/mol. The number of amides is 1. The summed E-state index contributed by atoms with van der Waals surface area (Å²) in [6, 6.07) is 16.9. The molecule has 164 valence electrons. The number of aromatic nitrogens is 2. The van der Waals surface area contributed by atoms with Crippen molar-refractivity contribution in [3.63, 3.8) is 0 Å². The van der Waals surface area contributed by atoms with E-state index in [-0.39, 0.29) is 18.2 Å². The van der Waals surface area contributed by atoms with Gasteiger partial charge in [0, 0.05) is 32.7 Å². The van der Waals surface area contributed by atoms with Gasteiger partial charge in [0.25, 0.3) is 0 Å². The van der Waals surface area contributed by atoms with Crippen molar-refractivity contribution in [2.45, 2.75) is 20.0 Å². The SMILES string of the molecule is CCS(=O)(=O)n1c(=O)n(CC(=O)N2CCN(Cc3ccccc3)CC2)c2ccccc21. The number of para-hydroxylation sites is 2. The van der Waals surface area contributed by atoms with Gasteiger partial charge in [0.2, 0.25) is 15.9 Å². The Hall–Kier alpha value is -2.91. The van der Waals surface area contributed by atoms with Crippen molar-refractivity contribution < 1.29 is 13.2 Å². The summed E-state index contributed by atoms with van der Waals surface area (Å²) in [6.45, 7) is 4.81. The van der Waals surface area contributed by atoms with Gasteiger partial charge < -0.3 is 4.90 Å². The maximum absolute atomic E-state index is 12.9. The largest absolute Gasteiger partial charge is 0.343 e. The minimum Gasteiger partial charge on any atom is -0.339 e. The van der Waals surface area contributed by atoms with Gasteiger partial charge in [-0.1, -0.05) is 42.5 Å². The third-order valence-electron chi connectivity index (χ3n) is 5.71. The van der Waals surface area contributed by atoms with E-state index in [0.717, 1.165) is 23.6 Å². The highest BCUT2D eigenvalue weighted by molar-refractivity contribution is 7.90. The topological polar surface area (TPSA) is 84.6 Å². The van der Waals surface area contributed by atoms with Crippen molar-refractivity contribution in [2.75, 3.05) is 31.9 Å². The van der Waals surface area contributed by atoms with Gasteiger partial charge in [-0.25, -0.2) is 13.2 Å². The van der Waals surface area contributed by atoms with Crippen LogP contribution < -0.4 is 5.69 Å². The summed E-state index contributed by atoms with van der Waals surface area (Å²) < 4.78 is 27.0. The van der Waals surface area contributed by atoms with Gasteiger partial charge >= 0.3 is 5.69 Å². The Morgan fingerprint density at radius 2 is 1.52 bits per heavy atom. The summed E-state index contributed by atoms with van der Waals surface area (Å²) in [5.74, 6) is -0.378. The average Bonchev–Trinajstić information content (AvgIpc) is 3.07. The average molecular weight is 443 g/mol. The first-order valence-electron chi connectivity index (χ1n) is 10.4. The molecule has 2 aromatic carbocycles. The molecule has 1 aromatic heterocycles. The second-order valence-corrected chi connectivity index (χ2v) is 9.77. The third kappa shape index (κ3) is 4.28. The summed E-state index contributed by atoms with van der Waals surface area (Å²) in [5, 5.41) is 0. The first kappa shape index (κ1) is 21.3. The number of hydrogen-bond acceptors (Lipinski definition) is 5. The summed E-state index contributed by atoms with van der Waals surface area (Å²) in [5.41, 5.74) is 1.29. The Morgan fingerprint density at radius 1 is 0.903 bits per heavy atom. The lowest BCUT2D eigenvalue weighted by atomic mass is 10.2. The molecule has 8 nitrogen and oxygen atoms in total. The quantitative estimate of drug-likeness (QED) is 0.575. The zero-order chi connectivity index (χ0) is 22.0. The Labute approximate surface area is 181 Å². The van der Waals surface area contributed by atoms with Crippen molar-refractivity contribution in [2.24, 2.45) is 0 Å². The van der Waals surface area contributed by atoms with E-state index >= 15 is 0 Å². The highest BCUT2D eigenvalue weighted by atomic mass is 32.2. The molecule has 31 heavy (non-hydrogen) atoms. The molecule has 1 amide bonds. The maximum atomic E-state index is 12.9. The Bertz CT molecular complexity index is 1240. The van der Waals surface area contributed by atoms with E-state index in [4.69, 9.17) is 0 Å². The number of carbonyl (C=O) groups excluding carboxylic acids is 1. The van der Waals surface area contributed by atoms with Crippen molar-refractivity contribution >= 4 is 27.0 Å². The Morgan fingerprint density at radius 3 is 2.16 bits per heavy atom. The van der Waals surface area contributed by atoms with Crippen LogP contribution in [0.3, 0.4) is 0 Å². The summed E-state index contributed by atoms with van der Waals surface area (Å²) in [7, 11) is -3.78. The molecule has 0 spiro atoms. The first-order valence-corrected chi connectivity index (χ1v) is 12.0. The molecule has 1 saturated heterocycles. The highest BCUT2D eigenvalue weighted by Crippen LogP contribution is 2.16. The van der Waals surface area contributed by atoms with E-state index in [1.165, 1.54) is 17.1 Å². The Balaban J connectivity index is 1.50. The summed E-state index contributed by atoms with van der Waals surface area (Å²) in [4.78, 5) is 29.9. The molecule has 0 saturated carbocycles. The van der Waals surface area contributed by atoms with Gasteiger partial charge in [0.15, 0.2) is 0 Å². The molecule has 2 heterocycles. The molecular formula is C22H26N4O4S. The number of piperazine rings is 1. The molecule has 1 aliphatic rings.